The Morgan fingerprint density at radius 2 is 1.95 bits per heavy atom. The van der Waals surface area contributed by atoms with Gasteiger partial charge in [-0.2, -0.15) is 0 Å². The molecule has 1 aromatic carbocycles. The molecule has 1 aromatic rings. The van der Waals surface area contributed by atoms with Crippen molar-refractivity contribution >= 4 is 11.5 Å². The lowest BCUT2D eigenvalue weighted by molar-refractivity contribution is -0.570. The van der Waals surface area contributed by atoms with Crippen LogP contribution in [-0.4, -0.2) is 21.9 Å². The van der Waals surface area contributed by atoms with E-state index < -0.39 is 22.0 Å². The molecule has 8 nitrogen and oxygen atoms in total. The third-order valence-electron chi connectivity index (χ3n) is 3.92. The molecule has 0 unspecified atom stereocenters. The Balaban J connectivity index is 2.09. The highest BCUT2D eigenvalue weighted by Gasteiger charge is 2.49. The molecule has 0 saturated carbocycles. The first-order valence-corrected chi connectivity index (χ1v) is 6.80. The fourth-order valence-corrected chi connectivity index (χ4v) is 2.99. The quantitative estimate of drug-likeness (QED) is 0.625. The smallest absolute Gasteiger partial charge is 0.364 e. The second-order valence-electron chi connectivity index (χ2n) is 5.24. The van der Waals surface area contributed by atoms with Crippen LogP contribution in [-0.2, 0) is 9.53 Å². The van der Waals surface area contributed by atoms with E-state index in [1.165, 1.54) is 18.2 Å². The number of non-ortho nitro benzene ring substituents is 1. The number of nitro groups is 2. The summed E-state index contributed by atoms with van der Waals surface area (Å²) in [5.74, 6) is -0.714. The highest BCUT2D eigenvalue weighted by Crippen LogP contribution is 2.44. The van der Waals surface area contributed by atoms with Gasteiger partial charge in [-0.25, -0.2) is 0 Å². The van der Waals surface area contributed by atoms with Gasteiger partial charge in [0.2, 0.25) is 0 Å². The number of nitro benzene ring substituents is 1. The topological polar surface area (TPSA) is 113 Å². The predicted octanol–water partition coefficient (Wildman–Crippen LogP) is 2.32. The molecule has 0 amide bonds. The van der Waals surface area contributed by atoms with Crippen molar-refractivity contribution in [2.24, 2.45) is 0 Å². The molecule has 3 rings (SSSR count). The number of hydrogen-bond acceptors (Lipinski definition) is 6. The largest absolute Gasteiger partial charge is 0.433 e. The van der Waals surface area contributed by atoms with Crippen molar-refractivity contribution in [1.29, 1.82) is 0 Å². The number of carbonyl (C=O) groups is 1. The van der Waals surface area contributed by atoms with Gasteiger partial charge in [0.15, 0.2) is 5.78 Å². The number of hydrogen-bond donors (Lipinski definition) is 0. The van der Waals surface area contributed by atoms with E-state index >= 15 is 0 Å². The molecule has 2 atom stereocenters. The molecule has 0 spiro atoms. The van der Waals surface area contributed by atoms with E-state index in [0.717, 1.165) is 0 Å². The number of carbonyl (C=O) groups excluding carboxylic acids is 1. The van der Waals surface area contributed by atoms with Gasteiger partial charge in [0.25, 0.3) is 5.69 Å². The molecule has 22 heavy (non-hydrogen) atoms. The highest BCUT2D eigenvalue weighted by molar-refractivity contribution is 5.98. The van der Waals surface area contributed by atoms with Gasteiger partial charge in [-0.1, -0.05) is 12.1 Å². The summed E-state index contributed by atoms with van der Waals surface area (Å²) in [4.78, 5) is 33.1. The minimum absolute atomic E-state index is 0.170. The van der Waals surface area contributed by atoms with Gasteiger partial charge in [-0.3, -0.25) is 25.0 Å². The number of ether oxygens (including phenoxy) is 1. The van der Waals surface area contributed by atoms with Crippen molar-refractivity contribution in [1.82, 2.24) is 0 Å². The van der Waals surface area contributed by atoms with Gasteiger partial charge in [0, 0.05) is 25.0 Å². The number of nitrogens with zero attached hydrogens (tertiary/aromatic N) is 2. The first kappa shape index (κ1) is 14.2. The van der Waals surface area contributed by atoms with Gasteiger partial charge < -0.3 is 4.74 Å². The van der Waals surface area contributed by atoms with Crippen molar-refractivity contribution in [3.05, 3.63) is 61.4 Å². The molecule has 0 fully saturated rings. The highest BCUT2D eigenvalue weighted by atomic mass is 16.7. The van der Waals surface area contributed by atoms with Crippen LogP contribution in [0.1, 0.15) is 30.7 Å². The average molecular weight is 304 g/mol. The van der Waals surface area contributed by atoms with Crippen molar-refractivity contribution in [2.75, 3.05) is 0 Å². The molecule has 0 radical (unpaired) electrons. The van der Waals surface area contributed by atoms with Gasteiger partial charge in [-0.05, 0) is 12.0 Å². The van der Waals surface area contributed by atoms with Gasteiger partial charge in [0.1, 0.15) is 11.7 Å². The van der Waals surface area contributed by atoms with Crippen molar-refractivity contribution in [3.8, 4) is 0 Å². The third kappa shape index (κ3) is 2.22. The van der Waals surface area contributed by atoms with Crippen LogP contribution < -0.4 is 0 Å². The summed E-state index contributed by atoms with van der Waals surface area (Å²) in [6.07, 6.45) is -0.00684. The molecule has 114 valence electrons. The molecule has 0 saturated heterocycles. The molecular weight excluding hydrogens is 292 g/mol. The summed E-state index contributed by atoms with van der Waals surface area (Å²) < 4.78 is 5.35. The second kappa shape index (κ2) is 5.21. The van der Waals surface area contributed by atoms with Crippen molar-refractivity contribution < 1.29 is 19.4 Å². The Hall–Kier alpha value is -2.77. The average Bonchev–Trinajstić information content (AvgIpc) is 2.88. The number of ketones is 1. The maximum absolute atomic E-state index is 12.2. The number of allylic oxidation sites excluding steroid dienone is 1. The number of rotatable bonds is 3. The first-order valence-electron chi connectivity index (χ1n) is 6.80. The molecular formula is C14H12N2O6. The van der Waals surface area contributed by atoms with Crippen LogP contribution in [0.25, 0.3) is 0 Å². The normalized spacial score (nSPS) is 23.9. The lowest BCUT2D eigenvalue weighted by atomic mass is 9.83. The Bertz CT molecular complexity index is 711. The van der Waals surface area contributed by atoms with E-state index in [2.05, 4.69) is 0 Å². The third-order valence-corrected chi connectivity index (χ3v) is 3.92. The molecule has 0 bridgehead atoms. The molecule has 1 aliphatic carbocycles. The van der Waals surface area contributed by atoms with Gasteiger partial charge in [0.05, 0.1) is 15.4 Å². The fourth-order valence-electron chi connectivity index (χ4n) is 2.99. The second-order valence-corrected chi connectivity index (χ2v) is 5.24. The van der Waals surface area contributed by atoms with E-state index in [1.54, 1.807) is 6.07 Å². The maximum atomic E-state index is 12.2. The number of benzene rings is 1. The summed E-state index contributed by atoms with van der Waals surface area (Å²) in [6, 6.07) is 5.58. The van der Waals surface area contributed by atoms with Gasteiger partial charge in [-0.15, -0.1) is 0 Å². The number of Topliss-reactive ketones (excluding diaryl/α,β-unsaturated/α-hetero) is 1. The zero-order valence-electron chi connectivity index (χ0n) is 11.4. The molecule has 0 aromatic heterocycles. The Kier molecular flexibility index (Phi) is 3.36. The lowest BCUT2D eigenvalue weighted by Crippen LogP contribution is -2.27. The standard InChI is InChI=1S/C14H12N2O6/c17-10-5-2-6-11-13(10)12(14(22-11)16(20)21)8-3-1-4-9(7-8)15(18)19/h1,3-4,7,12,14H,2,5-6H2/t12-,14-/m1/s1. The zero-order valence-corrected chi connectivity index (χ0v) is 11.4. The van der Waals surface area contributed by atoms with Crippen LogP contribution in [0.15, 0.2) is 35.6 Å². The predicted molar refractivity (Wildman–Crippen MR) is 73.6 cm³/mol. The van der Waals surface area contributed by atoms with E-state index in [0.29, 0.717) is 36.2 Å². The summed E-state index contributed by atoms with van der Waals surface area (Å²) in [6.45, 7) is 0. The van der Waals surface area contributed by atoms with Crippen LogP contribution in [0, 0.1) is 20.2 Å². The SMILES string of the molecule is O=C1CCCC2=C1[C@@H](c1cccc([N+](=O)[O-])c1)[C@H]([N+](=O)[O-])O2. The molecule has 0 N–H and O–H groups in total. The summed E-state index contributed by atoms with van der Waals surface area (Å²) in [7, 11) is 0. The van der Waals surface area contributed by atoms with Crippen molar-refractivity contribution in [2.45, 2.75) is 31.4 Å². The molecule has 1 heterocycles. The van der Waals surface area contributed by atoms with Crippen LogP contribution in [0.5, 0.6) is 0 Å². The van der Waals surface area contributed by atoms with Gasteiger partial charge >= 0.3 is 6.23 Å². The maximum Gasteiger partial charge on any atom is 0.364 e. The Labute approximate surface area is 124 Å². The fraction of sp³-hybridized carbons (Fsp3) is 0.357. The first-order chi connectivity index (χ1) is 10.5. The lowest BCUT2D eigenvalue weighted by Gasteiger charge is -2.15. The van der Waals surface area contributed by atoms with Crippen LogP contribution >= 0.6 is 0 Å². The van der Waals surface area contributed by atoms with E-state index in [-0.39, 0.29) is 11.5 Å². The van der Waals surface area contributed by atoms with E-state index in [1.807, 2.05) is 0 Å². The van der Waals surface area contributed by atoms with Crippen LogP contribution in [0.2, 0.25) is 0 Å². The minimum atomic E-state index is -1.41. The monoisotopic (exact) mass is 304 g/mol. The zero-order chi connectivity index (χ0) is 15.9. The summed E-state index contributed by atoms with van der Waals surface area (Å²) in [5.41, 5.74) is 0.488. The van der Waals surface area contributed by atoms with Crippen molar-refractivity contribution in [3.63, 3.8) is 0 Å². The Morgan fingerprint density at radius 3 is 2.64 bits per heavy atom. The Morgan fingerprint density at radius 1 is 1.18 bits per heavy atom. The van der Waals surface area contributed by atoms with E-state index in [9.17, 15) is 25.0 Å². The van der Waals surface area contributed by atoms with Crippen LogP contribution in [0.3, 0.4) is 0 Å². The minimum Gasteiger partial charge on any atom is -0.433 e. The molecule has 1 aliphatic heterocycles. The summed E-state index contributed by atoms with van der Waals surface area (Å²) >= 11 is 0. The summed E-state index contributed by atoms with van der Waals surface area (Å²) in [5, 5.41) is 22.2. The molecule has 8 heteroatoms. The van der Waals surface area contributed by atoms with Crippen LogP contribution in [0.4, 0.5) is 5.69 Å². The molecule has 2 aliphatic rings. The van der Waals surface area contributed by atoms with E-state index in [4.69, 9.17) is 4.74 Å².